The molecular weight excluding hydrogens is 200 g/mol. The molecule has 1 nitrogen and oxygen atoms in total. The number of halogens is 3. The van der Waals surface area contributed by atoms with E-state index in [1.165, 1.54) is 0 Å². The van der Waals surface area contributed by atoms with Gasteiger partial charge in [0.15, 0.2) is 0 Å². The molecule has 1 aromatic carbocycles. The first-order valence-electron chi connectivity index (χ1n) is 3.49. The predicted octanol–water partition coefficient (Wildman–Crippen LogP) is 3.37. The van der Waals surface area contributed by atoms with E-state index in [9.17, 15) is 4.39 Å². The first-order chi connectivity index (χ1) is 5.74. The second-order valence-corrected chi connectivity index (χ2v) is 3.06. The van der Waals surface area contributed by atoms with Gasteiger partial charge in [-0.2, -0.15) is 0 Å². The zero-order valence-corrected chi connectivity index (χ0v) is 7.79. The van der Waals surface area contributed by atoms with Gasteiger partial charge in [0.05, 0.1) is 10.0 Å². The van der Waals surface area contributed by atoms with Crippen molar-refractivity contribution in [1.29, 1.82) is 0 Å². The van der Waals surface area contributed by atoms with Crippen molar-refractivity contribution >= 4 is 28.9 Å². The highest BCUT2D eigenvalue weighted by Crippen LogP contribution is 2.24. The second-order valence-electron chi connectivity index (χ2n) is 2.24. The summed E-state index contributed by atoms with van der Waals surface area (Å²) in [6, 6.07) is 5.09. The zero-order valence-electron chi connectivity index (χ0n) is 6.28. The fourth-order valence-electron chi connectivity index (χ4n) is 0.798. The Hall–Kier alpha value is -0.470. The summed E-state index contributed by atoms with van der Waals surface area (Å²) in [7, 11) is 0. The molecule has 0 atom stereocenters. The van der Waals surface area contributed by atoms with Gasteiger partial charge in [0.2, 0.25) is 0 Å². The Bertz CT molecular complexity index is 265. The lowest BCUT2D eigenvalue weighted by molar-refractivity contribution is 0.513. The van der Waals surface area contributed by atoms with Gasteiger partial charge in [-0.05, 0) is 18.2 Å². The van der Waals surface area contributed by atoms with Crippen LogP contribution in [0, 0.1) is 0 Å². The minimum atomic E-state index is -0.403. The molecule has 0 aliphatic carbocycles. The number of hydrogen-bond donors (Lipinski definition) is 1. The number of benzene rings is 1. The van der Waals surface area contributed by atoms with Crippen LogP contribution in [-0.4, -0.2) is 13.2 Å². The molecule has 0 radical (unpaired) electrons. The Labute approximate surface area is 80.5 Å². The van der Waals surface area contributed by atoms with Crippen LogP contribution in [-0.2, 0) is 0 Å². The van der Waals surface area contributed by atoms with Gasteiger partial charge in [-0.1, -0.05) is 23.2 Å². The third kappa shape index (κ3) is 2.54. The molecule has 0 amide bonds. The fourth-order valence-corrected chi connectivity index (χ4v) is 1.10. The summed E-state index contributed by atoms with van der Waals surface area (Å²) in [6.45, 7) is -0.113. The number of hydrogen-bond acceptors (Lipinski definition) is 1. The SMILES string of the molecule is FCCNc1ccc(Cl)c(Cl)c1. The summed E-state index contributed by atoms with van der Waals surface area (Å²) in [6.07, 6.45) is 0. The maximum Gasteiger partial charge on any atom is 0.107 e. The molecule has 1 N–H and O–H groups in total. The number of nitrogens with one attached hydrogen (secondary N) is 1. The average Bonchev–Trinajstić information content (AvgIpc) is 2.07. The van der Waals surface area contributed by atoms with Gasteiger partial charge in [-0.15, -0.1) is 0 Å². The van der Waals surface area contributed by atoms with Crippen LogP contribution in [0.25, 0.3) is 0 Å². The van der Waals surface area contributed by atoms with Crippen molar-refractivity contribution < 1.29 is 4.39 Å². The summed E-state index contributed by atoms with van der Waals surface area (Å²) in [4.78, 5) is 0. The topological polar surface area (TPSA) is 12.0 Å². The van der Waals surface area contributed by atoms with E-state index < -0.39 is 6.67 Å². The molecule has 0 fully saturated rings. The number of anilines is 1. The molecular formula is C8H8Cl2FN. The molecule has 0 saturated heterocycles. The Balaban J connectivity index is 2.69. The quantitative estimate of drug-likeness (QED) is 0.802. The summed E-state index contributed by atoms with van der Waals surface area (Å²) in [5.41, 5.74) is 0.780. The average molecular weight is 208 g/mol. The van der Waals surface area contributed by atoms with E-state index in [4.69, 9.17) is 23.2 Å². The van der Waals surface area contributed by atoms with E-state index in [1.807, 2.05) is 0 Å². The maximum absolute atomic E-state index is 11.7. The number of alkyl halides is 1. The van der Waals surface area contributed by atoms with E-state index in [2.05, 4.69) is 5.32 Å². The highest BCUT2D eigenvalue weighted by atomic mass is 35.5. The van der Waals surface area contributed by atoms with E-state index >= 15 is 0 Å². The molecule has 4 heteroatoms. The largest absolute Gasteiger partial charge is 0.382 e. The van der Waals surface area contributed by atoms with Crippen LogP contribution in [0.15, 0.2) is 18.2 Å². The normalized spacial score (nSPS) is 9.92. The molecule has 1 rings (SSSR count). The first-order valence-corrected chi connectivity index (χ1v) is 4.24. The third-order valence-electron chi connectivity index (χ3n) is 1.34. The van der Waals surface area contributed by atoms with Crippen molar-refractivity contribution in [2.24, 2.45) is 0 Å². The van der Waals surface area contributed by atoms with Crippen molar-refractivity contribution in [2.45, 2.75) is 0 Å². The van der Waals surface area contributed by atoms with Crippen LogP contribution >= 0.6 is 23.2 Å². The Morgan fingerprint density at radius 3 is 2.58 bits per heavy atom. The van der Waals surface area contributed by atoms with Crippen molar-refractivity contribution in [1.82, 2.24) is 0 Å². The van der Waals surface area contributed by atoms with Crippen LogP contribution < -0.4 is 5.32 Å². The lowest BCUT2D eigenvalue weighted by Gasteiger charge is -2.04. The lowest BCUT2D eigenvalue weighted by atomic mass is 10.3. The number of rotatable bonds is 3. The molecule has 0 saturated carbocycles. The van der Waals surface area contributed by atoms with Gasteiger partial charge in [0, 0.05) is 12.2 Å². The van der Waals surface area contributed by atoms with Crippen molar-refractivity contribution in [2.75, 3.05) is 18.5 Å². The molecule has 0 spiro atoms. The second kappa shape index (κ2) is 4.53. The van der Waals surface area contributed by atoms with Crippen LogP contribution in [0.4, 0.5) is 10.1 Å². The van der Waals surface area contributed by atoms with Gasteiger partial charge in [0.1, 0.15) is 6.67 Å². The molecule has 0 unspecified atom stereocenters. The highest BCUT2D eigenvalue weighted by molar-refractivity contribution is 6.42. The van der Waals surface area contributed by atoms with Crippen LogP contribution in [0.2, 0.25) is 10.0 Å². The summed E-state index contributed by atoms with van der Waals surface area (Å²) >= 11 is 11.4. The summed E-state index contributed by atoms with van der Waals surface area (Å²) in [5.74, 6) is 0. The maximum atomic E-state index is 11.7. The van der Waals surface area contributed by atoms with Crippen LogP contribution in [0.1, 0.15) is 0 Å². The van der Waals surface area contributed by atoms with Gasteiger partial charge in [-0.3, -0.25) is 0 Å². The molecule has 1 aromatic rings. The third-order valence-corrected chi connectivity index (χ3v) is 2.08. The van der Waals surface area contributed by atoms with Gasteiger partial charge >= 0.3 is 0 Å². The minimum absolute atomic E-state index is 0.290. The Kier molecular flexibility index (Phi) is 3.63. The molecule has 0 aromatic heterocycles. The molecule has 0 bridgehead atoms. The highest BCUT2D eigenvalue weighted by Gasteiger charge is 1.97. The van der Waals surface area contributed by atoms with E-state index in [0.717, 1.165) is 5.69 Å². The molecule has 66 valence electrons. The molecule has 0 aliphatic heterocycles. The van der Waals surface area contributed by atoms with E-state index in [1.54, 1.807) is 18.2 Å². The predicted molar refractivity (Wildman–Crippen MR) is 50.9 cm³/mol. The van der Waals surface area contributed by atoms with Gasteiger partial charge in [-0.25, -0.2) is 4.39 Å². The molecule has 0 aliphatic rings. The van der Waals surface area contributed by atoms with Gasteiger partial charge < -0.3 is 5.32 Å². The molecule has 0 heterocycles. The fraction of sp³-hybridized carbons (Fsp3) is 0.250. The Morgan fingerprint density at radius 1 is 1.25 bits per heavy atom. The zero-order chi connectivity index (χ0) is 8.97. The van der Waals surface area contributed by atoms with E-state index in [0.29, 0.717) is 10.0 Å². The Morgan fingerprint density at radius 2 is 2.00 bits per heavy atom. The first kappa shape index (κ1) is 9.62. The summed E-state index contributed by atoms with van der Waals surface area (Å²) in [5, 5.41) is 3.82. The lowest BCUT2D eigenvalue weighted by Crippen LogP contribution is -2.02. The van der Waals surface area contributed by atoms with Crippen molar-refractivity contribution in [3.05, 3.63) is 28.2 Å². The molecule has 12 heavy (non-hydrogen) atoms. The van der Waals surface area contributed by atoms with Crippen LogP contribution in [0.3, 0.4) is 0 Å². The monoisotopic (exact) mass is 207 g/mol. The van der Waals surface area contributed by atoms with Crippen molar-refractivity contribution in [3.63, 3.8) is 0 Å². The van der Waals surface area contributed by atoms with Crippen molar-refractivity contribution in [3.8, 4) is 0 Å². The van der Waals surface area contributed by atoms with Gasteiger partial charge in [0.25, 0.3) is 0 Å². The standard InChI is InChI=1S/C8H8Cl2FN/c9-7-2-1-6(5-8(7)10)12-4-3-11/h1-2,5,12H,3-4H2. The smallest absolute Gasteiger partial charge is 0.107 e. The van der Waals surface area contributed by atoms with Crippen LogP contribution in [0.5, 0.6) is 0 Å². The van der Waals surface area contributed by atoms with E-state index in [-0.39, 0.29) is 6.54 Å². The summed E-state index contributed by atoms with van der Waals surface area (Å²) < 4.78 is 11.7. The minimum Gasteiger partial charge on any atom is -0.382 e.